The molecule has 2 nitrogen and oxygen atoms in total. The molecule has 0 saturated carbocycles. The van der Waals surface area contributed by atoms with E-state index in [0.717, 1.165) is 0 Å². The van der Waals surface area contributed by atoms with E-state index in [9.17, 15) is 0 Å². The second-order valence-corrected chi connectivity index (χ2v) is 3.83. The van der Waals surface area contributed by atoms with Crippen molar-refractivity contribution in [2.24, 2.45) is 4.99 Å². The number of hydrogen-bond donors (Lipinski definition) is 0. The zero-order valence-electron chi connectivity index (χ0n) is 7.64. The fraction of sp³-hybridized carbons (Fsp3) is 0.667. The molecule has 0 aromatic rings. The Bertz CT molecular complexity index is 214. The molecule has 62 valence electrons. The minimum absolute atomic E-state index is 0.142. The quantitative estimate of drug-likeness (QED) is 0.565. The zero-order chi connectivity index (χ0) is 8.70. The van der Waals surface area contributed by atoms with Crippen LogP contribution in [0.1, 0.15) is 27.7 Å². The van der Waals surface area contributed by atoms with E-state index < -0.39 is 0 Å². The highest BCUT2D eigenvalue weighted by Crippen LogP contribution is 2.34. The van der Waals surface area contributed by atoms with E-state index in [2.05, 4.69) is 25.4 Å². The molecule has 0 atom stereocenters. The maximum Gasteiger partial charge on any atom is 0.209 e. The van der Waals surface area contributed by atoms with E-state index in [4.69, 9.17) is 4.74 Å². The van der Waals surface area contributed by atoms with E-state index in [1.54, 1.807) is 6.08 Å². The normalized spacial score (nSPS) is 25.6. The van der Waals surface area contributed by atoms with Crippen molar-refractivity contribution in [3.05, 3.63) is 12.7 Å². The predicted octanol–water partition coefficient (Wildman–Crippen LogP) is 2.16. The lowest BCUT2D eigenvalue weighted by molar-refractivity contribution is 0.0624. The first-order valence-electron chi connectivity index (χ1n) is 3.80. The summed E-state index contributed by atoms with van der Waals surface area (Å²) in [7, 11) is 0. The Morgan fingerprint density at radius 1 is 1.36 bits per heavy atom. The molecule has 0 radical (unpaired) electrons. The average molecular weight is 153 g/mol. The number of rotatable bonds is 1. The Hall–Kier alpha value is -0.790. The summed E-state index contributed by atoms with van der Waals surface area (Å²) in [6.07, 6.45) is 1.65. The highest BCUT2D eigenvalue weighted by Gasteiger charge is 2.44. The van der Waals surface area contributed by atoms with Crippen LogP contribution in [0, 0.1) is 0 Å². The standard InChI is InChI=1S/C9H15NO/c1-6-7-10-8(2,3)9(4,5)11-7/h6H,1H2,2-5H3. The largest absolute Gasteiger partial charge is 0.469 e. The van der Waals surface area contributed by atoms with Gasteiger partial charge in [-0.05, 0) is 33.8 Å². The van der Waals surface area contributed by atoms with E-state index in [0.29, 0.717) is 5.90 Å². The minimum atomic E-state index is -0.212. The van der Waals surface area contributed by atoms with Crippen molar-refractivity contribution >= 4 is 5.90 Å². The molecule has 0 unspecified atom stereocenters. The predicted molar refractivity (Wildman–Crippen MR) is 46.9 cm³/mol. The van der Waals surface area contributed by atoms with Crippen LogP contribution < -0.4 is 0 Å². The molecule has 1 heterocycles. The van der Waals surface area contributed by atoms with Gasteiger partial charge in [-0.3, -0.25) is 0 Å². The fourth-order valence-corrected chi connectivity index (χ4v) is 0.907. The number of nitrogens with zero attached hydrogens (tertiary/aromatic N) is 1. The molecule has 0 spiro atoms. The maximum atomic E-state index is 5.55. The van der Waals surface area contributed by atoms with Gasteiger partial charge < -0.3 is 4.74 Å². The van der Waals surface area contributed by atoms with Crippen LogP contribution in [0.25, 0.3) is 0 Å². The highest BCUT2D eigenvalue weighted by atomic mass is 16.5. The molecule has 0 amide bonds. The second-order valence-electron chi connectivity index (χ2n) is 3.83. The van der Waals surface area contributed by atoms with Crippen molar-refractivity contribution in [3.8, 4) is 0 Å². The topological polar surface area (TPSA) is 21.6 Å². The fourth-order valence-electron chi connectivity index (χ4n) is 0.907. The monoisotopic (exact) mass is 153 g/mol. The lowest BCUT2D eigenvalue weighted by Gasteiger charge is -2.30. The first-order chi connectivity index (χ1) is 4.89. The van der Waals surface area contributed by atoms with Crippen LogP contribution in [0.2, 0.25) is 0 Å². The van der Waals surface area contributed by atoms with Gasteiger partial charge in [0.2, 0.25) is 5.90 Å². The molecule has 11 heavy (non-hydrogen) atoms. The summed E-state index contributed by atoms with van der Waals surface area (Å²) in [6.45, 7) is 11.8. The lowest BCUT2D eigenvalue weighted by Crippen LogP contribution is -2.41. The van der Waals surface area contributed by atoms with Crippen molar-refractivity contribution in [1.82, 2.24) is 0 Å². The second kappa shape index (κ2) is 2.10. The van der Waals surface area contributed by atoms with Gasteiger partial charge in [0.25, 0.3) is 0 Å². The van der Waals surface area contributed by atoms with Gasteiger partial charge in [0.05, 0.1) is 5.54 Å². The summed E-state index contributed by atoms with van der Waals surface area (Å²) in [5.41, 5.74) is -0.354. The van der Waals surface area contributed by atoms with Crippen LogP contribution in [0.4, 0.5) is 0 Å². The van der Waals surface area contributed by atoms with Crippen LogP contribution >= 0.6 is 0 Å². The van der Waals surface area contributed by atoms with E-state index in [1.165, 1.54) is 0 Å². The molecule has 1 aliphatic rings. The van der Waals surface area contributed by atoms with Crippen molar-refractivity contribution in [2.75, 3.05) is 0 Å². The summed E-state index contributed by atoms with van der Waals surface area (Å²) in [4.78, 5) is 4.37. The van der Waals surface area contributed by atoms with Crippen molar-refractivity contribution in [2.45, 2.75) is 38.8 Å². The first-order valence-corrected chi connectivity index (χ1v) is 3.80. The summed E-state index contributed by atoms with van der Waals surface area (Å²) in [6, 6.07) is 0. The summed E-state index contributed by atoms with van der Waals surface area (Å²) in [5, 5.41) is 0. The smallest absolute Gasteiger partial charge is 0.209 e. The van der Waals surface area contributed by atoms with Crippen molar-refractivity contribution in [3.63, 3.8) is 0 Å². The molecule has 0 aliphatic carbocycles. The molecular formula is C9H15NO. The molecule has 0 aromatic heterocycles. The van der Waals surface area contributed by atoms with Gasteiger partial charge in [0, 0.05) is 0 Å². The molecule has 0 bridgehead atoms. The van der Waals surface area contributed by atoms with Gasteiger partial charge in [-0.25, -0.2) is 4.99 Å². The average Bonchev–Trinajstić information content (AvgIpc) is 2.03. The summed E-state index contributed by atoms with van der Waals surface area (Å²) in [5.74, 6) is 0.653. The Labute approximate surface area is 68.0 Å². The first kappa shape index (κ1) is 8.31. The molecule has 0 fully saturated rings. The molecule has 1 aliphatic heterocycles. The molecule has 0 N–H and O–H groups in total. The number of aliphatic imine (C=N–C) groups is 1. The maximum absolute atomic E-state index is 5.55. The summed E-state index contributed by atoms with van der Waals surface area (Å²) >= 11 is 0. The zero-order valence-corrected chi connectivity index (χ0v) is 7.64. The van der Waals surface area contributed by atoms with E-state index in [1.807, 2.05) is 13.8 Å². The Balaban J connectivity index is 2.95. The highest BCUT2D eigenvalue weighted by molar-refractivity contribution is 5.89. The third-order valence-electron chi connectivity index (χ3n) is 2.40. The lowest BCUT2D eigenvalue weighted by atomic mass is 9.87. The van der Waals surface area contributed by atoms with Crippen LogP contribution in [0.15, 0.2) is 17.6 Å². The molecule has 2 heteroatoms. The van der Waals surface area contributed by atoms with Crippen LogP contribution in [0.5, 0.6) is 0 Å². The molecule has 1 rings (SSSR count). The number of ether oxygens (including phenoxy) is 1. The SMILES string of the molecule is C=CC1=NC(C)(C)C(C)(C)O1. The van der Waals surface area contributed by atoms with Gasteiger partial charge in [-0.2, -0.15) is 0 Å². The molecular weight excluding hydrogens is 138 g/mol. The van der Waals surface area contributed by atoms with Crippen LogP contribution in [-0.4, -0.2) is 17.0 Å². The Morgan fingerprint density at radius 2 is 1.91 bits per heavy atom. The Kier molecular flexibility index (Phi) is 1.58. The third kappa shape index (κ3) is 1.17. The molecule has 0 saturated heterocycles. The van der Waals surface area contributed by atoms with E-state index >= 15 is 0 Å². The van der Waals surface area contributed by atoms with Gasteiger partial charge >= 0.3 is 0 Å². The van der Waals surface area contributed by atoms with Crippen LogP contribution in [0.3, 0.4) is 0 Å². The van der Waals surface area contributed by atoms with Gasteiger partial charge in [0.15, 0.2) is 0 Å². The van der Waals surface area contributed by atoms with Gasteiger partial charge in [-0.1, -0.05) is 6.58 Å². The van der Waals surface area contributed by atoms with Gasteiger partial charge in [-0.15, -0.1) is 0 Å². The Morgan fingerprint density at radius 3 is 2.09 bits per heavy atom. The van der Waals surface area contributed by atoms with Gasteiger partial charge in [0.1, 0.15) is 5.60 Å². The minimum Gasteiger partial charge on any atom is -0.469 e. The number of hydrogen-bond acceptors (Lipinski definition) is 2. The molecule has 0 aromatic carbocycles. The van der Waals surface area contributed by atoms with Crippen molar-refractivity contribution in [1.29, 1.82) is 0 Å². The van der Waals surface area contributed by atoms with Crippen LogP contribution in [-0.2, 0) is 4.74 Å². The van der Waals surface area contributed by atoms with Crippen molar-refractivity contribution < 1.29 is 4.74 Å². The summed E-state index contributed by atoms with van der Waals surface area (Å²) < 4.78 is 5.55. The third-order valence-corrected chi connectivity index (χ3v) is 2.40. The van der Waals surface area contributed by atoms with E-state index in [-0.39, 0.29) is 11.1 Å².